The van der Waals surface area contributed by atoms with Gasteiger partial charge < -0.3 is 15.6 Å². The Bertz CT molecular complexity index is 390. The Kier molecular flexibility index (Phi) is 3.94. The minimum absolute atomic E-state index is 0.146. The maximum Gasteiger partial charge on any atom is 0.404 e. The molecule has 2 atom stereocenters. The van der Waals surface area contributed by atoms with Gasteiger partial charge in [0.2, 0.25) is 0 Å². The smallest absolute Gasteiger partial charge is 0.404 e. The summed E-state index contributed by atoms with van der Waals surface area (Å²) in [5.41, 5.74) is 5.60. The van der Waals surface area contributed by atoms with Gasteiger partial charge in [0.1, 0.15) is 11.9 Å². The van der Waals surface area contributed by atoms with Gasteiger partial charge in [-0.05, 0) is 13.0 Å². The average Bonchev–Trinajstić information content (AvgIpc) is 2.20. The van der Waals surface area contributed by atoms with Crippen LogP contribution >= 0.6 is 0 Å². The second kappa shape index (κ2) is 5.21. The highest BCUT2D eigenvalue weighted by Crippen LogP contribution is 2.29. The summed E-state index contributed by atoms with van der Waals surface area (Å²) >= 11 is 0. The maximum atomic E-state index is 10.6. The van der Waals surface area contributed by atoms with E-state index in [4.69, 9.17) is 10.5 Å². The molecular weight excluding hydrogens is 206 g/mol. The lowest BCUT2D eigenvalue weighted by atomic mass is 9.93. The second-order valence-electron chi connectivity index (χ2n) is 3.46. The van der Waals surface area contributed by atoms with Crippen molar-refractivity contribution in [2.45, 2.75) is 18.9 Å². The molecule has 0 aliphatic carbocycles. The summed E-state index contributed by atoms with van der Waals surface area (Å²) in [6, 6.07) is 6.84. The molecule has 16 heavy (non-hydrogen) atoms. The molecule has 3 N–H and O–H groups in total. The van der Waals surface area contributed by atoms with Gasteiger partial charge in [0.15, 0.2) is 0 Å². The molecule has 0 saturated heterocycles. The van der Waals surface area contributed by atoms with E-state index in [-0.39, 0.29) is 11.7 Å². The third kappa shape index (κ3) is 2.76. The van der Waals surface area contributed by atoms with Crippen molar-refractivity contribution in [3.63, 3.8) is 0 Å². The molecule has 0 spiro atoms. The zero-order valence-electron chi connectivity index (χ0n) is 9.09. The van der Waals surface area contributed by atoms with Gasteiger partial charge in [-0.2, -0.15) is 0 Å². The van der Waals surface area contributed by atoms with Crippen LogP contribution in [0.3, 0.4) is 0 Å². The number of benzene rings is 1. The van der Waals surface area contributed by atoms with E-state index in [0.29, 0.717) is 5.56 Å². The highest BCUT2D eigenvalue weighted by molar-refractivity contribution is 5.65. The van der Waals surface area contributed by atoms with Crippen LogP contribution in [0.15, 0.2) is 36.9 Å². The maximum absolute atomic E-state index is 10.6. The van der Waals surface area contributed by atoms with Gasteiger partial charge in [0.25, 0.3) is 0 Å². The standard InChI is InChI=1S/C12H15NO3/c1-3-9(8(2)16-12(13)15)10-6-4-5-7-11(10)14/h3-9,14H,1H2,2H3,(H2,13,15). The lowest BCUT2D eigenvalue weighted by molar-refractivity contribution is 0.108. The number of carbonyl (C=O) groups excluding carboxylic acids is 1. The monoisotopic (exact) mass is 221 g/mol. The van der Waals surface area contributed by atoms with E-state index < -0.39 is 12.2 Å². The number of nitrogens with two attached hydrogens (primary N) is 1. The second-order valence-corrected chi connectivity index (χ2v) is 3.46. The van der Waals surface area contributed by atoms with Crippen molar-refractivity contribution in [1.82, 2.24) is 0 Å². The first-order valence-corrected chi connectivity index (χ1v) is 4.92. The number of phenolic OH excluding ortho intramolecular Hbond substituents is 1. The molecule has 0 aromatic heterocycles. The number of hydrogen-bond acceptors (Lipinski definition) is 3. The largest absolute Gasteiger partial charge is 0.508 e. The van der Waals surface area contributed by atoms with Crippen molar-refractivity contribution in [1.29, 1.82) is 0 Å². The zero-order chi connectivity index (χ0) is 12.1. The van der Waals surface area contributed by atoms with Crippen molar-refractivity contribution >= 4 is 6.09 Å². The predicted octanol–water partition coefficient (Wildman–Crippen LogP) is 2.15. The van der Waals surface area contributed by atoms with Crippen LogP contribution in [0.25, 0.3) is 0 Å². The fraction of sp³-hybridized carbons (Fsp3) is 0.250. The number of para-hydroxylation sites is 1. The van der Waals surface area contributed by atoms with E-state index in [0.717, 1.165) is 0 Å². The first-order chi connectivity index (χ1) is 7.56. The van der Waals surface area contributed by atoms with Gasteiger partial charge in [-0.3, -0.25) is 0 Å². The number of amides is 1. The van der Waals surface area contributed by atoms with Crippen LogP contribution in [-0.4, -0.2) is 17.3 Å². The summed E-state index contributed by atoms with van der Waals surface area (Å²) in [5.74, 6) is -0.138. The van der Waals surface area contributed by atoms with Crippen LogP contribution < -0.4 is 5.73 Å². The summed E-state index contributed by atoms with van der Waals surface area (Å²) in [5, 5.41) is 9.68. The van der Waals surface area contributed by atoms with Crippen LogP contribution in [0.5, 0.6) is 5.75 Å². The lowest BCUT2D eigenvalue weighted by Crippen LogP contribution is -2.25. The molecular formula is C12H15NO3. The van der Waals surface area contributed by atoms with Crippen LogP contribution in [0, 0.1) is 0 Å². The SMILES string of the molecule is C=CC(c1ccccc1O)C(C)OC(N)=O. The fourth-order valence-corrected chi connectivity index (χ4v) is 1.60. The van der Waals surface area contributed by atoms with Gasteiger partial charge in [-0.15, -0.1) is 6.58 Å². The van der Waals surface area contributed by atoms with E-state index in [1.54, 1.807) is 37.3 Å². The van der Waals surface area contributed by atoms with E-state index >= 15 is 0 Å². The number of carbonyl (C=O) groups is 1. The molecule has 1 amide bonds. The van der Waals surface area contributed by atoms with Gasteiger partial charge in [-0.25, -0.2) is 4.79 Å². The van der Waals surface area contributed by atoms with E-state index in [1.165, 1.54) is 0 Å². The molecule has 0 saturated carbocycles. The van der Waals surface area contributed by atoms with Crippen molar-refractivity contribution in [3.05, 3.63) is 42.5 Å². The molecule has 0 aliphatic rings. The van der Waals surface area contributed by atoms with Crippen LogP contribution in [0.2, 0.25) is 0 Å². The van der Waals surface area contributed by atoms with Gasteiger partial charge in [-0.1, -0.05) is 24.3 Å². The first-order valence-electron chi connectivity index (χ1n) is 4.92. The van der Waals surface area contributed by atoms with Crippen molar-refractivity contribution in [3.8, 4) is 5.75 Å². The van der Waals surface area contributed by atoms with E-state index in [1.807, 2.05) is 0 Å². The topological polar surface area (TPSA) is 72.6 Å². The Labute approximate surface area is 94.3 Å². The summed E-state index contributed by atoms with van der Waals surface area (Å²) in [6.07, 6.45) is 0.306. The molecule has 4 nitrogen and oxygen atoms in total. The minimum atomic E-state index is -0.838. The molecule has 1 rings (SSSR count). The first kappa shape index (κ1) is 12.1. The number of hydrogen-bond donors (Lipinski definition) is 2. The molecule has 2 unspecified atom stereocenters. The number of phenols is 1. The van der Waals surface area contributed by atoms with E-state index in [9.17, 15) is 9.90 Å². The third-order valence-electron chi connectivity index (χ3n) is 2.36. The quantitative estimate of drug-likeness (QED) is 0.765. The molecule has 4 heteroatoms. The van der Waals surface area contributed by atoms with Crippen molar-refractivity contribution in [2.24, 2.45) is 5.73 Å². The van der Waals surface area contributed by atoms with Crippen molar-refractivity contribution in [2.75, 3.05) is 0 Å². The van der Waals surface area contributed by atoms with Crippen LogP contribution in [-0.2, 0) is 4.74 Å². The molecule has 0 radical (unpaired) electrons. The van der Waals surface area contributed by atoms with Crippen LogP contribution in [0.1, 0.15) is 18.4 Å². The Hall–Kier alpha value is -1.97. The number of rotatable bonds is 4. The molecule has 1 aromatic carbocycles. The summed E-state index contributed by atoms with van der Waals surface area (Å²) in [4.78, 5) is 10.6. The normalized spacial score (nSPS) is 13.8. The highest BCUT2D eigenvalue weighted by Gasteiger charge is 2.21. The van der Waals surface area contributed by atoms with Gasteiger partial charge in [0.05, 0.1) is 0 Å². The Morgan fingerprint density at radius 3 is 2.69 bits per heavy atom. The van der Waals surface area contributed by atoms with E-state index in [2.05, 4.69) is 6.58 Å². The Balaban J connectivity index is 2.94. The average molecular weight is 221 g/mol. The summed E-state index contributed by atoms with van der Waals surface area (Å²) in [7, 11) is 0. The molecule has 1 aromatic rings. The Morgan fingerprint density at radius 2 is 2.19 bits per heavy atom. The van der Waals surface area contributed by atoms with Gasteiger partial charge in [0, 0.05) is 11.5 Å². The predicted molar refractivity (Wildman–Crippen MR) is 61.2 cm³/mol. The highest BCUT2D eigenvalue weighted by atomic mass is 16.6. The number of aromatic hydroxyl groups is 1. The molecule has 0 heterocycles. The van der Waals surface area contributed by atoms with Crippen LogP contribution in [0.4, 0.5) is 4.79 Å². The minimum Gasteiger partial charge on any atom is -0.508 e. The molecule has 86 valence electrons. The summed E-state index contributed by atoms with van der Waals surface area (Å²) in [6.45, 7) is 5.36. The zero-order valence-corrected chi connectivity index (χ0v) is 9.09. The Morgan fingerprint density at radius 1 is 1.56 bits per heavy atom. The molecule has 0 fully saturated rings. The third-order valence-corrected chi connectivity index (χ3v) is 2.36. The molecule has 0 bridgehead atoms. The van der Waals surface area contributed by atoms with Gasteiger partial charge >= 0.3 is 6.09 Å². The van der Waals surface area contributed by atoms with Crippen molar-refractivity contribution < 1.29 is 14.6 Å². The number of ether oxygens (including phenoxy) is 1. The summed E-state index contributed by atoms with van der Waals surface area (Å²) < 4.78 is 4.87. The lowest BCUT2D eigenvalue weighted by Gasteiger charge is -2.21. The fourth-order valence-electron chi connectivity index (χ4n) is 1.60. The number of primary amides is 1. The molecule has 0 aliphatic heterocycles.